The normalized spacial score (nSPS) is 10.7. The first kappa shape index (κ1) is 16.2. The van der Waals surface area contributed by atoms with Crippen molar-refractivity contribution < 1.29 is 9.53 Å². The van der Waals surface area contributed by atoms with Crippen LogP contribution in [0.25, 0.3) is 0 Å². The van der Waals surface area contributed by atoms with Crippen LogP contribution >= 0.6 is 0 Å². The number of benzene rings is 1. The summed E-state index contributed by atoms with van der Waals surface area (Å²) in [5.41, 5.74) is 3.47. The third kappa shape index (κ3) is 6.92. The van der Waals surface area contributed by atoms with Gasteiger partial charge in [-0.15, -0.1) is 0 Å². The van der Waals surface area contributed by atoms with E-state index in [0.717, 1.165) is 43.6 Å². The average molecular weight is 276 g/mol. The van der Waals surface area contributed by atoms with Crippen LogP contribution in [0.3, 0.4) is 0 Å². The molecule has 0 atom stereocenters. The van der Waals surface area contributed by atoms with Crippen molar-refractivity contribution in [2.45, 2.75) is 46.0 Å². The molecule has 0 aliphatic heterocycles. The summed E-state index contributed by atoms with van der Waals surface area (Å²) in [5, 5.41) is 3.95. The Morgan fingerprint density at radius 2 is 1.95 bits per heavy atom. The number of carbonyl (C=O) groups excluding carboxylic acids is 1. The first-order chi connectivity index (χ1) is 9.76. The zero-order chi connectivity index (χ0) is 14.6. The molecule has 20 heavy (non-hydrogen) atoms. The van der Waals surface area contributed by atoms with E-state index in [2.05, 4.69) is 24.4 Å². The second-order valence-electron chi connectivity index (χ2n) is 4.67. The SMILES string of the molecule is CCCCCC(=O)NN=Cc1ccc(OCCC)cc1. The average Bonchev–Trinajstić information content (AvgIpc) is 2.47. The zero-order valence-corrected chi connectivity index (χ0v) is 12.4. The van der Waals surface area contributed by atoms with Gasteiger partial charge in [0, 0.05) is 6.42 Å². The van der Waals surface area contributed by atoms with E-state index in [1.54, 1.807) is 6.21 Å². The third-order valence-electron chi connectivity index (χ3n) is 2.76. The van der Waals surface area contributed by atoms with E-state index < -0.39 is 0 Å². The molecule has 0 saturated carbocycles. The number of hydrogen-bond donors (Lipinski definition) is 1. The van der Waals surface area contributed by atoms with Gasteiger partial charge in [-0.1, -0.05) is 26.7 Å². The van der Waals surface area contributed by atoms with E-state index in [9.17, 15) is 4.79 Å². The van der Waals surface area contributed by atoms with Crippen molar-refractivity contribution in [3.05, 3.63) is 29.8 Å². The van der Waals surface area contributed by atoms with E-state index >= 15 is 0 Å². The summed E-state index contributed by atoms with van der Waals surface area (Å²) in [6.45, 7) is 4.91. The molecule has 0 heterocycles. The maximum absolute atomic E-state index is 11.4. The molecule has 1 aromatic carbocycles. The lowest BCUT2D eigenvalue weighted by atomic mass is 10.2. The largest absolute Gasteiger partial charge is 0.494 e. The molecule has 0 aliphatic rings. The van der Waals surface area contributed by atoms with Gasteiger partial charge in [0.2, 0.25) is 5.91 Å². The summed E-state index contributed by atoms with van der Waals surface area (Å²) >= 11 is 0. The summed E-state index contributed by atoms with van der Waals surface area (Å²) in [4.78, 5) is 11.4. The number of unbranched alkanes of at least 4 members (excludes halogenated alkanes) is 2. The van der Waals surface area contributed by atoms with E-state index in [-0.39, 0.29) is 5.91 Å². The van der Waals surface area contributed by atoms with Crippen molar-refractivity contribution >= 4 is 12.1 Å². The highest BCUT2D eigenvalue weighted by Gasteiger charge is 1.98. The predicted molar refractivity (Wildman–Crippen MR) is 82.1 cm³/mol. The van der Waals surface area contributed by atoms with Gasteiger partial charge < -0.3 is 4.74 Å². The van der Waals surface area contributed by atoms with Crippen molar-refractivity contribution in [2.24, 2.45) is 5.10 Å². The van der Waals surface area contributed by atoms with Crippen LogP contribution < -0.4 is 10.2 Å². The third-order valence-corrected chi connectivity index (χ3v) is 2.76. The zero-order valence-electron chi connectivity index (χ0n) is 12.4. The number of amides is 1. The highest BCUT2D eigenvalue weighted by atomic mass is 16.5. The predicted octanol–water partition coefficient (Wildman–Crippen LogP) is 3.51. The minimum atomic E-state index is -0.0300. The molecule has 0 aliphatic carbocycles. The Labute approximate surface area is 121 Å². The fourth-order valence-electron chi connectivity index (χ4n) is 1.64. The Balaban J connectivity index is 2.32. The lowest BCUT2D eigenvalue weighted by Gasteiger charge is -2.03. The number of nitrogens with one attached hydrogen (secondary N) is 1. The van der Waals surface area contributed by atoms with Gasteiger partial charge in [-0.05, 0) is 42.7 Å². The Hall–Kier alpha value is -1.84. The van der Waals surface area contributed by atoms with E-state index in [1.165, 1.54) is 0 Å². The van der Waals surface area contributed by atoms with Gasteiger partial charge in [0.25, 0.3) is 0 Å². The van der Waals surface area contributed by atoms with E-state index in [1.807, 2.05) is 24.3 Å². The second-order valence-corrected chi connectivity index (χ2v) is 4.67. The molecule has 0 spiro atoms. The lowest BCUT2D eigenvalue weighted by Crippen LogP contribution is -2.16. The van der Waals surface area contributed by atoms with Gasteiger partial charge in [0.15, 0.2) is 0 Å². The molecule has 4 heteroatoms. The van der Waals surface area contributed by atoms with E-state index in [0.29, 0.717) is 6.42 Å². The molecule has 1 aromatic rings. The van der Waals surface area contributed by atoms with Gasteiger partial charge in [0.05, 0.1) is 12.8 Å². The summed E-state index contributed by atoms with van der Waals surface area (Å²) < 4.78 is 5.49. The van der Waals surface area contributed by atoms with Gasteiger partial charge in [0.1, 0.15) is 5.75 Å². The summed E-state index contributed by atoms with van der Waals surface area (Å²) in [7, 11) is 0. The van der Waals surface area contributed by atoms with Crippen LogP contribution in [0.1, 0.15) is 51.5 Å². The Morgan fingerprint density at radius 1 is 1.20 bits per heavy atom. The number of nitrogens with zero attached hydrogens (tertiary/aromatic N) is 1. The topological polar surface area (TPSA) is 50.7 Å². The molecule has 1 N–H and O–H groups in total. The van der Waals surface area contributed by atoms with E-state index in [4.69, 9.17) is 4.74 Å². The second kappa shape index (κ2) is 10.0. The van der Waals surface area contributed by atoms with Crippen molar-refractivity contribution in [1.82, 2.24) is 5.43 Å². The minimum absolute atomic E-state index is 0.0300. The standard InChI is InChI=1S/C16H24N2O2/c1-3-5-6-7-16(19)18-17-13-14-8-10-15(11-9-14)20-12-4-2/h8-11,13H,3-7,12H2,1-2H3,(H,18,19). The summed E-state index contributed by atoms with van der Waals surface area (Å²) in [5.74, 6) is 0.824. The van der Waals surface area contributed by atoms with Crippen LogP contribution in [0.2, 0.25) is 0 Å². The van der Waals surface area contributed by atoms with Crippen LogP contribution in [0.4, 0.5) is 0 Å². The molecule has 1 rings (SSSR count). The Bertz CT molecular complexity index is 413. The fraction of sp³-hybridized carbons (Fsp3) is 0.500. The molecule has 0 radical (unpaired) electrons. The lowest BCUT2D eigenvalue weighted by molar-refractivity contribution is -0.121. The van der Waals surface area contributed by atoms with Crippen LogP contribution in [0.5, 0.6) is 5.75 Å². The van der Waals surface area contributed by atoms with Crippen LogP contribution in [-0.4, -0.2) is 18.7 Å². The molecule has 1 amide bonds. The summed E-state index contributed by atoms with van der Waals surface area (Å²) in [6, 6.07) is 7.63. The smallest absolute Gasteiger partial charge is 0.240 e. The van der Waals surface area contributed by atoms with Crippen LogP contribution in [0.15, 0.2) is 29.4 Å². The van der Waals surface area contributed by atoms with Crippen LogP contribution in [-0.2, 0) is 4.79 Å². The highest BCUT2D eigenvalue weighted by molar-refractivity contribution is 5.82. The number of rotatable bonds is 9. The first-order valence-electron chi connectivity index (χ1n) is 7.31. The van der Waals surface area contributed by atoms with Crippen molar-refractivity contribution in [3.63, 3.8) is 0 Å². The number of carbonyl (C=O) groups is 1. The molecule has 0 aromatic heterocycles. The molecule has 0 saturated heterocycles. The Kier molecular flexibility index (Phi) is 8.11. The van der Waals surface area contributed by atoms with Gasteiger partial charge in [-0.2, -0.15) is 5.10 Å². The maximum atomic E-state index is 11.4. The van der Waals surface area contributed by atoms with Gasteiger partial charge in [-0.3, -0.25) is 4.79 Å². The van der Waals surface area contributed by atoms with Crippen molar-refractivity contribution in [3.8, 4) is 5.75 Å². The van der Waals surface area contributed by atoms with Crippen molar-refractivity contribution in [2.75, 3.05) is 6.61 Å². The number of ether oxygens (including phenoxy) is 1. The highest BCUT2D eigenvalue weighted by Crippen LogP contribution is 2.11. The number of hydrogen-bond acceptors (Lipinski definition) is 3. The van der Waals surface area contributed by atoms with Crippen molar-refractivity contribution in [1.29, 1.82) is 0 Å². The molecule has 0 unspecified atom stereocenters. The molecule has 110 valence electrons. The number of hydrazone groups is 1. The fourth-order valence-corrected chi connectivity index (χ4v) is 1.64. The maximum Gasteiger partial charge on any atom is 0.240 e. The molecule has 4 nitrogen and oxygen atoms in total. The minimum Gasteiger partial charge on any atom is -0.494 e. The Morgan fingerprint density at radius 3 is 2.60 bits per heavy atom. The molecule has 0 fully saturated rings. The van der Waals surface area contributed by atoms with Crippen LogP contribution in [0, 0.1) is 0 Å². The van der Waals surface area contributed by atoms with Gasteiger partial charge in [-0.25, -0.2) is 5.43 Å². The molecular weight excluding hydrogens is 252 g/mol. The van der Waals surface area contributed by atoms with Gasteiger partial charge >= 0.3 is 0 Å². The molecular formula is C16H24N2O2. The first-order valence-corrected chi connectivity index (χ1v) is 7.31. The monoisotopic (exact) mass is 276 g/mol. The summed E-state index contributed by atoms with van der Waals surface area (Å²) in [6.07, 6.45) is 6.28. The quantitative estimate of drug-likeness (QED) is 0.426. The molecule has 0 bridgehead atoms.